The number of amidine groups is 1. The van der Waals surface area contributed by atoms with Gasteiger partial charge in [-0.2, -0.15) is 0 Å². The van der Waals surface area contributed by atoms with Gasteiger partial charge in [-0.3, -0.25) is 4.99 Å². The summed E-state index contributed by atoms with van der Waals surface area (Å²) in [5.74, 6) is 1.22. The van der Waals surface area contributed by atoms with Gasteiger partial charge in [-0.05, 0) is 26.2 Å². The molecule has 1 spiro atoms. The zero-order chi connectivity index (χ0) is 12.0. The van der Waals surface area contributed by atoms with Crippen LogP contribution in [0.25, 0.3) is 0 Å². The van der Waals surface area contributed by atoms with E-state index in [0.29, 0.717) is 5.54 Å². The molecular formula is C13H24N2OS. The molecule has 2 fully saturated rings. The number of nitrogens with zero attached hydrogens (tertiary/aromatic N) is 1. The number of hydrogen-bond donors (Lipinski definition) is 1. The third-order valence-corrected chi connectivity index (χ3v) is 4.78. The van der Waals surface area contributed by atoms with Gasteiger partial charge in [0.25, 0.3) is 0 Å². The zero-order valence-corrected chi connectivity index (χ0v) is 11.7. The average Bonchev–Trinajstić information content (AvgIpc) is 2.73. The molecule has 0 atom stereocenters. The van der Waals surface area contributed by atoms with Gasteiger partial charge in [0, 0.05) is 31.1 Å². The Morgan fingerprint density at radius 3 is 2.94 bits per heavy atom. The molecule has 1 N–H and O–H groups in total. The number of nitrogens with one attached hydrogen (secondary N) is 1. The van der Waals surface area contributed by atoms with Crippen molar-refractivity contribution < 1.29 is 4.74 Å². The molecule has 17 heavy (non-hydrogen) atoms. The standard InChI is InChI=1S/C13H24N2OS/c1-2-16-10-6-9-14-12-15-13(11-17-12)7-4-3-5-8-13/h2-11H2,1H3,(H,14,15). The van der Waals surface area contributed by atoms with E-state index >= 15 is 0 Å². The summed E-state index contributed by atoms with van der Waals surface area (Å²) >= 11 is 1.91. The molecule has 1 aliphatic carbocycles. The van der Waals surface area contributed by atoms with Gasteiger partial charge in [-0.15, -0.1) is 0 Å². The lowest BCUT2D eigenvalue weighted by atomic mass is 9.83. The summed E-state index contributed by atoms with van der Waals surface area (Å²) in [6, 6.07) is 0. The van der Waals surface area contributed by atoms with Crippen LogP contribution < -0.4 is 5.32 Å². The molecule has 0 aromatic rings. The van der Waals surface area contributed by atoms with E-state index in [2.05, 4.69) is 10.3 Å². The highest BCUT2D eigenvalue weighted by molar-refractivity contribution is 8.14. The van der Waals surface area contributed by atoms with Crippen molar-refractivity contribution in [3.8, 4) is 0 Å². The molecule has 2 aliphatic rings. The Bertz CT molecular complexity index is 262. The Kier molecular flexibility index (Phi) is 5.16. The van der Waals surface area contributed by atoms with Gasteiger partial charge in [0.05, 0.1) is 0 Å². The Hall–Kier alpha value is -0.220. The monoisotopic (exact) mass is 256 g/mol. The van der Waals surface area contributed by atoms with E-state index in [1.54, 1.807) is 0 Å². The summed E-state index contributed by atoms with van der Waals surface area (Å²) in [6.07, 6.45) is 7.87. The van der Waals surface area contributed by atoms with Crippen molar-refractivity contribution in [3.05, 3.63) is 0 Å². The van der Waals surface area contributed by atoms with Gasteiger partial charge in [-0.1, -0.05) is 31.0 Å². The van der Waals surface area contributed by atoms with Crippen LogP contribution in [0.4, 0.5) is 0 Å². The van der Waals surface area contributed by atoms with Crippen molar-refractivity contribution >= 4 is 16.9 Å². The van der Waals surface area contributed by atoms with Crippen LogP contribution in [-0.2, 0) is 4.74 Å². The van der Waals surface area contributed by atoms with E-state index in [9.17, 15) is 0 Å². The smallest absolute Gasteiger partial charge is 0.157 e. The molecule has 4 heteroatoms. The second kappa shape index (κ2) is 6.64. The third kappa shape index (κ3) is 3.88. The van der Waals surface area contributed by atoms with Crippen molar-refractivity contribution in [1.29, 1.82) is 0 Å². The zero-order valence-electron chi connectivity index (χ0n) is 10.8. The van der Waals surface area contributed by atoms with Crippen LogP contribution in [0.1, 0.15) is 45.4 Å². The first-order valence-corrected chi connectivity index (χ1v) is 7.86. The van der Waals surface area contributed by atoms with E-state index in [1.165, 1.54) is 43.0 Å². The second-order valence-electron chi connectivity index (χ2n) is 4.99. The van der Waals surface area contributed by atoms with E-state index < -0.39 is 0 Å². The predicted molar refractivity (Wildman–Crippen MR) is 74.8 cm³/mol. The largest absolute Gasteiger partial charge is 0.382 e. The highest BCUT2D eigenvalue weighted by atomic mass is 32.2. The summed E-state index contributed by atoms with van der Waals surface area (Å²) in [7, 11) is 0. The van der Waals surface area contributed by atoms with Gasteiger partial charge in [0.15, 0.2) is 5.17 Å². The predicted octanol–water partition coefficient (Wildman–Crippen LogP) is 2.81. The number of ether oxygens (including phenoxy) is 1. The first-order valence-electron chi connectivity index (χ1n) is 6.88. The molecule has 0 unspecified atom stereocenters. The van der Waals surface area contributed by atoms with E-state index in [-0.39, 0.29) is 0 Å². The maximum Gasteiger partial charge on any atom is 0.157 e. The Labute approximate surface area is 109 Å². The SMILES string of the molecule is CCOCCCN=C1NC2(CCCCC2)CS1. The molecule has 0 amide bonds. The third-order valence-electron chi connectivity index (χ3n) is 3.57. The first kappa shape index (κ1) is 13.2. The maximum atomic E-state index is 5.31. The minimum Gasteiger partial charge on any atom is -0.382 e. The van der Waals surface area contributed by atoms with Gasteiger partial charge in [0.1, 0.15) is 0 Å². The van der Waals surface area contributed by atoms with E-state index in [1.807, 2.05) is 18.7 Å². The quantitative estimate of drug-likeness (QED) is 0.768. The second-order valence-corrected chi connectivity index (χ2v) is 5.96. The summed E-state index contributed by atoms with van der Waals surface area (Å²) < 4.78 is 5.31. The Morgan fingerprint density at radius 2 is 2.18 bits per heavy atom. The molecule has 2 rings (SSSR count). The molecule has 0 bridgehead atoms. The van der Waals surface area contributed by atoms with Crippen LogP contribution in [0.15, 0.2) is 4.99 Å². The minimum atomic E-state index is 0.391. The van der Waals surface area contributed by atoms with Crippen LogP contribution in [0.5, 0.6) is 0 Å². The molecule has 3 nitrogen and oxygen atoms in total. The lowest BCUT2D eigenvalue weighted by Gasteiger charge is -2.32. The summed E-state index contributed by atoms with van der Waals surface area (Å²) in [5, 5.41) is 4.84. The lowest BCUT2D eigenvalue weighted by Crippen LogP contribution is -2.45. The van der Waals surface area contributed by atoms with E-state index in [0.717, 1.165) is 26.2 Å². The number of aliphatic imine (C=N–C) groups is 1. The maximum absolute atomic E-state index is 5.31. The van der Waals surface area contributed by atoms with Gasteiger partial charge in [-0.25, -0.2) is 0 Å². The lowest BCUT2D eigenvalue weighted by molar-refractivity contribution is 0.146. The van der Waals surface area contributed by atoms with Gasteiger partial charge in [0.2, 0.25) is 0 Å². The van der Waals surface area contributed by atoms with Crippen LogP contribution in [0.2, 0.25) is 0 Å². The van der Waals surface area contributed by atoms with E-state index in [4.69, 9.17) is 4.74 Å². The van der Waals surface area contributed by atoms with Crippen LogP contribution in [0, 0.1) is 0 Å². The minimum absolute atomic E-state index is 0.391. The normalized spacial score (nSPS) is 25.4. The molecule has 0 radical (unpaired) electrons. The van der Waals surface area contributed by atoms with Crippen LogP contribution in [0.3, 0.4) is 0 Å². The summed E-state index contributed by atoms with van der Waals surface area (Å²) in [4.78, 5) is 4.63. The fourth-order valence-electron chi connectivity index (χ4n) is 2.58. The topological polar surface area (TPSA) is 33.6 Å². The summed E-state index contributed by atoms with van der Waals surface area (Å²) in [5.41, 5.74) is 0.391. The average molecular weight is 256 g/mol. The molecule has 1 saturated carbocycles. The van der Waals surface area contributed by atoms with Crippen LogP contribution >= 0.6 is 11.8 Å². The molecule has 1 saturated heterocycles. The van der Waals surface area contributed by atoms with Crippen molar-refractivity contribution in [1.82, 2.24) is 5.32 Å². The Balaban J connectivity index is 1.71. The molecule has 1 aliphatic heterocycles. The van der Waals surface area contributed by atoms with Crippen molar-refractivity contribution in [2.45, 2.75) is 51.0 Å². The highest BCUT2D eigenvalue weighted by Crippen LogP contribution is 2.36. The van der Waals surface area contributed by atoms with Gasteiger partial charge < -0.3 is 10.1 Å². The van der Waals surface area contributed by atoms with Gasteiger partial charge >= 0.3 is 0 Å². The fraction of sp³-hybridized carbons (Fsp3) is 0.923. The molecule has 0 aromatic carbocycles. The number of thioether (sulfide) groups is 1. The van der Waals surface area contributed by atoms with Crippen molar-refractivity contribution in [2.75, 3.05) is 25.5 Å². The molecule has 0 aromatic heterocycles. The van der Waals surface area contributed by atoms with Crippen molar-refractivity contribution in [2.24, 2.45) is 4.99 Å². The first-order chi connectivity index (χ1) is 8.35. The molecule has 98 valence electrons. The fourth-order valence-corrected chi connectivity index (χ4v) is 3.83. The number of hydrogen-bond acceptors (Lipinski definition) is 3. The highest BCUT2D eigenvalue weighted by Gasteiger charge is 2.37. The van der Waals surface area contributed by atoms with Crippen molar-refractivity contribution in [3.63, 3.8) is 0 Å². The molecule has 1 heterocycles. The Morgan fingerprint density at radius 1 is 1.35 bits per heavy atom. The van der Waals surface area contributed by atoms with Crippen LogP contribution in [-0.4, -0.2) is 36.2 Å². The summed E-state index contributed by atoms with van der Waals surface area (Å²) in [6.45, 7) is 4.58. The number of rotatable bonds is 5. The molecular weight excluding hydrogens is 232 g/mol.